The van der Waals surface area contributed by atoms with E-state index < -0.39 is 11.6 Å². The number of nitrogens with zero attached hydrogens (tertiary/aromatic N) is 1. The third kappa shape index (κ3) is 1.86. The van der Waals surface area contributed by atoms with Crippen molar-refractivity contribution >= 4 is 6.29 Å². The summed E-state index contributed by atoms with van der Waals surface area (Å²) in [6, 6.07) is 4.86. The maximum Gasteiger partial charge on any atom is 0.166 e. The molecule has 2 rings (SSSR count). The Morgan fingerprint density at radius 3 is 2.19 bits per heavy atom. The van der Waals surface area contributed by atoms with Crippen molar-refractivity contribution in [3.05, 3.63) is 47.8 Å². The minimum absolute atomic E-state index is 0.418. The Balaban J connectivity index is 2.53. The number of aromatic nitrogens is 1. The van der Waals surface area contributed by atoms with Crippen molar-refractivity contribution in [2.24, 2.45) is 7.05 Å². The summed E-state index contributed by atoms with van der Waals surface area (Å²) < 4.78 is 27.6. The van der Waals surface area contributed by atoms with E-state index in [2.05, 4.69) is 0 Å². The third-order valence-electron chi connectivity index (χ3n) is 2.36. The van der Waals surface area contributed by atoms with E-state index in [9.17, 15) is 13.6 Å². The minimum Gasteiger partial charge on any atom is -0.348 e. The van der Waals surface area contributed by atoms with Gasteiger partial charge in [0.2, 0.25) is 0 Å². The van der Waals surface area contributed by atoms with Gasteiger partial charge in [-0.15, -0.1) is 0 Å². The zero-order valence-electron chi connectivity index (χ0n) is 8.58. The zero-order chi connectivity index (χ0) is 11.7. The molecule has 0 aliphatic rings. The van der Waals surface area contributed by atoms with Gasteiger partial charge >= 0.3 is 0 Å². The van der Waals surface area contributed by atoms with Gasteiger partial charge in [-0.2, -0.15) is 0 Å². The molecular weight excluding hydrogens is 212 g/mol. The molecule has 0 atom stereocenters. The van der Waals surface area contributed by atoms with E-state index in [1.54, 1.807) is 23.9 Å². The first-order valence-electron chi connectivity index (χ1n) is 4.68. The molecule has 0 fully saturated rings. The monoisotopic (exact) mass is 221 g/mol. The molecule has 0 unspecified atom stereocenters. The molecule has 0 radical (unpaired) electrons. The summed E-state index contributed by atoms with van der Waals surface area (Å²) in [5, 5.41) is 0. The number of hydrogen-bond acceptors (Lipinski definition) is 1. The van der Waals surface area contributed by atoms with Crippen LogP contribution in [0.25, 0.3) is 11.1 Å². The zero-order valence-corrected chi connectivity index (χ0v) is 8.58. The Hall–Kier alpha value is -1.97. The van der Waals surface area contributed by atoms with Gasteiger partial charge < -0.3 is 4.57 Å². The molecule has 0 aliphatic carbocycles. The molecule has 0 aliphatic heterocycles. The largest absolute Gasteiger partial charge is 0.348 e. The topological polar surface area (TPSA) is 22.0 Å². The van der Waals surface area contributed by atoms with E-state index in [0.717, 1.165) is 6.07 Å². The van der Waals surface area contributed by atoms with Crippen LogP contribution in [0.3, 0.4) is 0 Å². The molecular formula is C12H9F2NO. The van der Waals surface area contributed by atoms with Gasteiger partial charge in [-0.05, 0) is 23.8 Å². The van der Waals surface area contributed by atoms with Crippen LogP contribution in [0.15, 0.2) is 30.5 Å². The van der Waals surface area contributed by atoms with Crippen LogP contribution >= 0.6 is 0 Å². The molecule has 2 nitrogen and oxygen atoms in total. The Labute approximate surface area is 91.1 Å². The van der Waals surface area contributed by atoms with E-state index in [1.165, 1.54) is 12.1 Å². The van der Waals surface area contributed by atoms with Crippen molar-refractivity contribution in [3.63, 3.8) is 0 Å². The first kappa shape index (κ1) is 10.5. The number of carbonyl (C=O) groups is 1. The van der Waals surface area contributed by atoms with E-state index in [4.69, 9.17) is 0 Å². The second-order valence-electron chi connectivity index (χ2n) is 3.54. The summed E-state index contributed by atoms with van der Waals surface area (Å²) in [7, 11) is 1.70. The number of rotatable bonds is 2. The second-order valence-corrected chi connectivity index (χ2v) is 3.54. The maximum atomic E-state index is 13.0. The molecule has 4 heteroatoms. The van der Waals surface area contributed by atoms with Crippen LogP contribution in [0.2, 0.25) is 0 Å². The first-order chi connectivity index (χ1) is 7.60. The molecule has 0 amide bonds. The predicted molar refractivity (Wildman–Crippen MR) is 56.2 cm³/mol. The van der Waals surface area contributed by atoms with Gasteiger partial charge in [0.05, 0.1) is 5.69 Å². The van der Waals surface area contributed by atoms with Crippen LogP contribution in [-0.2, 0) is 7.05 Å². The number of aryl methyl sites for hydroxylation is 1. The SMILES string of the molecule is Cn1cc(-c2cc(F)cc(F)c2)cc1C=O. The summed E-state index contributed by atoms with van der Waals surface area (Å²) >= 11 is 0. The summed E-state index contributed by atoms with van der Waals surface area (Å²) in [4.78, 5) is 10.6. The minimum atomic E-state index is -0.633. The summed E-state index contributed by atoms with van der Waals surface area (Å²) in [6.45, 7) is 0. The lowest BCUT2D eigenvalue weighted by Crippen LogP contribution is -1.90. The highest BCUT2D eigenvalue weighted by molar-refractivity contribution is 5.77. The summed E-state index contributed by atoms with van der Waals surface area (Å²) in [5.74, 6) is -1.27. The molecule has 0 saturated heterocycles. The lowest BCUT2D eigenvalue weighted by Gasteiger charge is -1.98. The van der Waals surface area contributed by atoms with Gasteiger partial charge in [0.25, 0.3) is 0 Å². The third-order valence-corrected chi connectivity index (χ3v) is 2.36. The highest BCUT2D eigenvalue weighted by Crippen LogP contribution is 2.23. The van der Waals surface area contributed by atoms with Crippen LogP contribution in [0.5, 0.6) is 0 Å². The predicted octanol–water partition coefficient (Wildman–Crippen LogP) is 2.78. The lowest BCUT2D eigenvalue weighted by molar-refractivity contribution is 0.111. The molecule has 0 bridgehead atoms. The molecule has 82 valence electrons. The Kier molecular flexibility index (Phi) is 2.56. The Morgan fingerprint density at radius 1 is 1.06 bits per heavy atom. The molecule has 1 aromatic carbocycles. The molecule has 1 aromatic heterocycles. The lowest BCUT2D eigenvalue weighted by atomic mass is 10.1. The number of aldehydes is 1. The van der Waals surface area contributed by atoms with Gasteiger partial charge in [-0.3, -0.25) is 4.79 Å². The van der Waals surface area contributed by atoms with Crippen LogP contribution in [0.4, 0.5) is 8.78 Å². The number of halogens is 2. The number of hydrogen-bond donors (Lipinski definition) is 0. The summed E-state index contributed by atoms with van der Waals surface area (Å²) in [5.41, 5.74) is 1.49. The smallest absolute Gasteiger partial charge is 0.166 e. The number of carbonyl (C=O) groups excluding carboxylic acids is 1. The van der Waals surface area contributed by atoms with E-state index in [1.807, 2.05) is 0 Å². The van der Waals surface area contributed by atoms with E-state index >= 15 is 0 Å². The van der Waals surface area contributed by atoms with Crippen molar-refractivity contribution in [1.29, 1.82) is 0 Å². The van der Waals surface area contributed by atoms with Crippen LogP contribution < -0.4 is 0 Å². The van der Waals surface area contributed by atoms with Gasteiger partial charge in [0.15, 0.2) is 6.29 Å². The van der Waals surface area contributed by atoms with E-state index in [-0.39, 0.29) is 0 Å². The fourth-order valence-electron chi connectivity index (χ4n) is 1.58. The van der Waals surface area contributed by atoms with Gasteiger partial charge in [0.1, 0.15) is 11.6 Å². The second kappa shape index (κ2) is 3.89. The van der Waals surface area contributed by atoms with Crippen molar-refractivity contribution in [3.8, 4) is 11.1 Å². The molecule has 16 heavy (non-hydrogen) atoms. The first-order valence-corrected chi connectivity index (χ1v) is 4.68. The standard InChI is InChI=1S/C12H9F2NO/c1-15-6-9(4-12(15)7-16)8-2-10(13)5-11(14)3-8/h2-7H,1H3. The van der Waals surface area contributed by atoms with Crippen LogP contribution in [0.1, 0.15) is 10.5 Å². The molecule has 1 heterocycles. The Bertz CT molecular complexity index is 526. The van der Waals surface area contributed by atoms with E-state index in [0.29, 0.717) is 23.1 Å². The van der Waals surface area contributed by atoms with Crippen LogP contribution in [-0.4, -0.2) is 10.9 Å². The average molecular weight is 221 g/mol. The molecule has 2 aromatic rings. The van der Waals surface area contributed by atoms with Gasteiger partial charge in [-0.25, -0.2) is 8.78 Å². The Morgan fingerprint density at radius 2 is 1.69 bits per heavy atom. The highest BCUT2D eigenvalue weighted by Gasteiger charge is 2.07. The highest BCUT2D eigenvalue weighted by atomic mass is 19.1. The molecule has 0 spiro atoms. The quantitative estimate of drug-likeness (QED) is 0.715. The van der Waals surface area contributed by atoms with Crippen molar-refractivity contribution in [2.45, 2.75) is 0 Å². The summed E-state index contributed by atoms with van der Waals surface area (Å²) in [6.07, 6.45) is 2.34. The maximum absolute atomic E-state index is 13.0. The van der Waals surface area contributed by atoms with Gasteiger partial charge in [-0.1, -0.05) is 0 Å². The van der Waals surface area contributed by atoms with Crippen LogP contribution in [0, 0.1) is 11.6 Å². The molecule has 0 saturated carbocycles. The normalized spacial score (nSPS) is 10.4. The van der Waals surface area contributed by atoms with Crippen molar-refractivity contribution in [2.75, 3.05) is 0 Å². The molecule has 0 N–H and O–H groups in total. The van der Waals surface area contributed by atoms with Crippen molar-refractivity contribution in [1.82, 2.24) is 4.57 Å². The van der Waals surface area contributed by atoms with Crippen molar-refractivity contribution < 1.29 is 13.6 Å². The fraction of sp³-hybridized carbons (Fsp3) is 0.0833. The van der Waals surface area contributed by atoms with Gasteiger partial charge in [0, 0.05) is 24.9 Å². The average Bonchev–Trinajstić information content (AvgIpc) is 2.58. The number of benzene rings is 1. The fourth-order valence-corrected chi connectivity index (χ4v) is 1.58.